The molecule has 2 N–H and O–H groups in total. The molecule has 4 rings (SSSR count). The molecule has 32 heavy (non-hydrogen) atoms. The van der Waals surface area contributed by atoms with Crippen molar-refractivity contribution in [2.75, 3.05) is 25.3 Å². The van der Waals surface area contributed by atoms with Gasteiger partial charge in [-0.25, -0.2) is 13.1 Å². The summed E-state index contributed by atoms with van der Waals surface area (Å²) in [6.07, 6.45) is 0.597. The first-order valence-corrected chi connectivity index (χ1v) is 11.4. The zero-order chi connectivity index (χ0) is 22.4. The SMILES string of the molecule is O=C(COc1ccc(S(=O)(=O)NCCc2ccccc2)cc1)Nc1ccc2c(c1)OCO2. The normalized spacial score (nSPS) is 12.4. The van der Waals surface area contributed by atoms with E-state index in [1.165, 1.54) is 24.3 Å². The summed E-state index contributed by atoms with van der Waals surface area (Å²) < 4.78 is 43.4. The van der Waals surface area contributed by atoms with Gasteiger partial charge in [-0.2, -0.15) is 0 Å². The largest absolute Gasteiger partial charge is 0.484 e. The number of carbonyl (C=O) groups excluding carboxylic acids is 1. The number of rotatable bonds is 9. The summed E-state index contributed by atoms with van der Waals surface area (Å²) in [7, 11) is -3.63. The lowest BCUT2D eigenvalue weighted by Gasteiger charge is -2.10. The summed E-state index contributed by atoms with van der Waals surface area (Å²) in [6, 6.07) is 20.6. The minimum absolute atomic E-state index is 0.128. The molecule has 3 aromatic carbocycles. The maximum absolute atomic E-state index is 12.4. The van der Waals surface area contributed by atoms with Gasteiger partial charge in [0.25, 0.3) is 5.91 Å². The fourth-order valence-electron chi connectivity index (χ4n) is 3.09. The molecule has 0 spiro atoms. The van der Waals surface area contributed by atoms with Gasteiger partial charge in [-0.1, -0.05) is 30.3 Å². The molecule has 0 unspecified atom stereocenters. The first-order chi connectivity index (χ1) is 15.5. The molecule has 0 aromatic heterocycles. The molecule has 0 bridgehead atoms. The van der Waals surface area contributed by atoms with E-state index in [-0.39, 0.29) is 24.2 Å². The zero-order valence-electron chi connectivity index (χ0n) is 17.1. The van der Waals surface area contributed by atoms with Crippen LogP contribution in [-0.4, -0.2) is 34.3 Å². The number of carbonyl (C=O) groups is 1. The van der Waals surface area contributed by atoms with E-state index in [1.807, 2.05) is 30.3 Å². The Labute approximate surface area is 186 Å². The summed E-state index contributed by atoms with van der Waals surface area (Å²) in [4.78, 5) is 12.3. The topological polar surface area (TPSA) is 103 Å². The Bertz CT molecular complexity index is 1180. The van der Waals surface area contributed by atoms with Crippen LogP contribution in [0.2, 0.25) is 0 Å². The van der Waals surface area contributed by atoms with Gasteiger partial charge in [0.15, 0.2) is 18.1 Å². The predicted molar refractivity (Wildman–Crippen MR) is 118 cm³/mol. The van der Waals surface area contributed by atoms with E-state index in [2.05, 4.69) is 10.0 Å². The van der Waals surface area contributed by atoms with Crippen molar-refractivity contribution in [3.8, 4) is 17.2 Å². The Balaban J connectivity index is 1.26. The van der Waals surface area contributed by atoms with Crippen LogP contribution in [0.3, 0.4) is 0 Å². The van der Waals surface area contributed by atoms with Crippen LogP contribution in [0.25, 0.3) is 0 Å². The molecular weight excluding hydrogens is 432 g/mol. The summed E-state index contributed by atoms with van der Waals surface area (Å²) in [6.45, 7) is 0.227. The number of hydrogen-bond donors (Lipinski definition) is 2. The Kier molecular flexibility index (Phi) is 6.58. The highest BCUT2D eigenvalue weighted by molar-refractivity contribution is 7.89. The first kappa shape index (κ1) is 21.7. The molecule has 9 heteroatoms. The van der Waals surface area contributed by atoms with Crippen LogP contribution < -0.4 is 24.2 Å². The Morgan fingerprint density at radius 1 is 0.938 bits per heavy atom. The summed E-state index contributed by atoms with van der Waals surface area (Å²) >= 11 is 0. The minimum atomic E-state index is -3.63. The number of hydrogen-bond acceptors (Lipinski definition) is 6. The van der Waals surface area contributed by atoms with Crippen molar-refractivity contribution in [1.29, 1.82) is 0 Å². The third-order valence-electron chi connectivity index (χ3n) is 4.71. The standard InChI is InChI=1S/C23H22N2O6S/c26-23(25-18-6-11-21-22(14-18)31-16-30-21)15-29-19-7-9-20(10-8-19)32(27,28)24-13-12-17-4-2-1-3-5-17/h1-11,14,24H,12-13,15-16H2,(H,25,26). The van der Waals surface area contributed by atoms with Crippen LogP contribution in [0.1, 0.15) is 5.56 Å². The lowest BCUT2D eigenvalue weighted by atomic mass is 10.2. The highest BCUT2D eigenvalue weighted by Crippen LogP contribution is 2.34. The Morgan fingerprint density at radius 2 is 1.69 bits per heavy atom. The van der Waals surface area contributed by atoms with Gasteiger partial charge < -0.3 is 19.5 Å². The molecule has 8 nitrogen and oxygen atoms in total. The van der Waals surface area contributed by atoms with Crippen LogP contribution in [0.5, 0.6) is 17.2 Å². The molecule has 0 saturated carbocycles. The van der Waals surface area contributed by atoms with Crippen LogP contribution in [0.4, 0.5) is 5.69 Å². The molecule has 1 aliphatic rings. The number of ether oxygens (including phenoxy) is 3. The number of fused-ring (bicyclic) bond motifs is 1. The smallest absolute Gasteiger partial charge is 0.262 e. The van der Waals surface area contributed by atoms with Crippen LogP contribution in [-0.2, 0) is 21.2 Å². The highest BCUT2D eigenvalue weighted by Gasteiger charge is 2.15. The fourth-order valence-corrected chi connectivity index (χ4v) is 4.12. The summed E-state index contributed by atoms with van der Waals surface area (Å²) in [5, 5.41) is 2.71. The van der Waals surface area contributed by atoms with E-state index in [0.29, 0.717) is 35.9 Å². The van der Waals surface area contributed by atoms with Gasteiger partial charge in [-0.15, -0.1) is 0 Å². The molecule has 0 fully saturated rings. The van der Waals surface area contributed by atoms with Gasteiger partial charge in [0, 0.05) is 18.3 Å². The number of nitrogens with one attached hydrogen (secondary N) is 2. The zero-order valence-corrected chi connectivity index (χ0v) is 17.9. The van der Waals surface area contributed by atoms with Crippen molar-refractivity contribution in [3.05, 3.63) is 78.4 Å². The molecule has 0 saturated heterocycles. The van der Waals surface area contributed by atoms with Crippen molar-refractivity contribution in [1.82, 2.24) is 4.72 Å². The maximum Gasteiger partial charge on any atom is 0.262 e. The number of amides is 1. The number of sulfonamides is 1. The van der Waals surface area contributed by atoms with Crippen molar-refractivity contribution >= 4 is 21.6 Å². The minimum Gasteiger partial charge on any atom is -0.484 e. The molecule has 1 heterocycles. The van der Waals surface area contributed by atoms with E-state index < -0.39 is 10.0 Å². The van der Waals surface area contributed by atoms with E-state index >= 15 is 0 Å². The quantitative estimate of drug-likeness (QED) is 0.515. The van der Waals surface area contributed by atoms with E-state index in [9.17, 15) is 13.2 Å². The van der Waals surface area contributed by atoms with Gasteiger partial charge in [0.2, 0.25) is 16.8 Å². The molecule has 166 valence electrons. The van der Waals surface area contributed by atoms with Crippen LogP contribution in [0, 0.1) is 0 Å². The molecular formula is C23H22N2O6S. The van der Waals surface area contributed by atoms with Gasteiger partial charge in [0.1, 0.15) is 5.75 Å². The van der Waals surface area contributed by atoms with Crippen molar-refractivity contribution in [2.45, 2.75) is 11.3 Å². The van der Waals surface area contributed by atoms with Gasteiger partial charge in [-0.05, 0) is 48.4 Å². The average Bonchev–Trinajstić information content (AvgIpc) is 3.26. The fraction of sp³-hybridized carbons (Fsp3) is 0.174. The molecule has 1 aliphatic heterocycles. The van der Waals surface area contributed by atoms with Crippen molar-refractivity contribution in [2.24, 2.45) is 0 Å². The lowest BCUT2D eigenvalue weighted by Crippen LogP contribution is -2.26. The monoisotopic (exact) mass is 454 g/mol. The second kappa shape index (κ2) is 9.71. The van der Waals surface area contributed by atoms with Crippen molar-refractivity contribution < 1.29 is 27.4 Å². The van der Waals surface area contributed by atoms with Gasteiger partial charge in [-0.3, -0.25) is 4.79 Å². The summed E-state index contributed by atoms with van der Waals surface area (Å²) in [5.74, 6) is 1.22. The number of anilines is 1. The maximum atomic E-state index is 12.4. The van der Waals surface area contributed by atoms with Gasteiger partial charge in [0.05, 0.1) is 4.90 Å². The van der Waals surface area contributed by atoms with E-state index in [1.54, 1.807) is 18.2 Å². The van der Waals surface area contributed by atoms with Gasteiger partial charge >= 0.3 is 0 Å². The average molecular weight is 455 g/mol. The molecule has 0 radical (unpaired) electrons. The Morgan fingerprint density at radius 3 is 2.47 bits per heavy atom. The first-order valence-electron chi connectivity index (χ1n) is 9.95. The van der Waals surface area contributed by atoms with Crippen LogP contribution in [0.15, 0.2) is 77.7 Å². The molecule has 3 aromatic rings. The third kappa shape index (κ3) is 5.57. The van der Waals surface area contributed by atoms with E-state index in [4.69, 9.17) is 14.2 Å². The van der Waals surface area contributed by atoms with E-state index in [0.717, 1.165) is 5.56 Å². The second-order valence-electron chi connectivity index (χ2n) is 7.01. The predicted octanol–water partition coefficient (Wildman–Crippen LogP) is 2.95. The third-order valence-corrected chi connectivity index (χ3v) is 6.19. The molecule has 1 amide bonds. The Hall–Kier alpha value is -3.56. The number of benzene rings is 3. The second-order valence-corrected chi connectivity index (χ2v) is 8.78. The summed E-state index contributed by atoms with van der Waals surface area (Å²) in [5.41, 5.74) is 1.61. The van der Waals surface area contributed by atoms with Crippen LogP contribution >= 0.6 is 0 Å². The molecule has 0 atom stereocenters. The lowest BCUT2D eigenvalue weighted by molar-refractivity contribution is -0.118. The molecule has 0 aliphatic carbocycles. The highest BCUT2D eigenvalue weighted by atomic mass is 32.2. The van der Waals surface area contributed by atoms with Crippen molar-refractivity contribution in [3.63, 3.8) is 0 Å².